The SMILES string of the molecule is COc1ccc(C(O)COC2OC(CO)C(O)C(O)C2O)cc1OC. The van der Waals surface area contributed by atoms with E-state index < -0.39 is 43.4 Å². The number of methoxy groups -OCH3 is 2. The van der Waals surface area contributed by atoms with Crippen LogP contribution < -0.4 is 9.47 Å². The maximum absolute atomic E-state index is 10.2. The van der Waals surface area contributed by atoms with Crippen molar-refractivity contribution in [1.29, 1.82) is 0 Å². The van der Waals surface area contributed by atoms with Crippen molar-refractivity contribution in [3.63, 3.8) is 0 Å². The lowest BCUT2D eigenvalue weighted by molar-refractivity contribution is -0.304. The second-order valence-electron chi connectivity index (χ2n) is 5.66. The molecular formula is C16H24O9. The first-order chi connectivity index (χ1) is 11.9. The van der Waals surface area contributed by atoms with Crippen LogP contribution in [-0.4, -0.2) is 83.7 Å². The minimum Gasteiger partial charge on any atom is -0.493 e. The van der Waals surface area contributed by atoms with E-state index in [9.17, 15) is 20.4 Å². The zero-order valence-electron chi connectivity index (χ0n) is 14.0. The molecule has 1 aliphatic heterocycles. The van der Waals surface area contributed by atoms with Gasteiger partial charge in [0.1, 0.15) is 30.5 Å². The van der Waals surface area contributed by atoms with E-state index in [0.29, 0.717) is 17.1 Å². The Kier molecular flexibility index (Phi) is 6.96. The second kappa shape index (κ2) is 8.77. The van der Waals surface area contributed by atoms with Crippen molar-refractivity contribution in [2.75, 3.05) is 27.4 Å². The Morgan fingerprint density at radius 3 is 2.32 bits per heavy atom. The summed E-state index contributed by atoms with van der Waals surface area (Å²) in [5.74, 6) is 0.945. The lowest BCUT2D eigenvalue weighted by atomic mass is 9.99. The van der Waals surface area contributed by atoms with Gasteiger partial charge in [-0.05, 0) is 17.7 Å². The Morgan fingerprint density at radius 2 is 1.72 bits per heavy atom. The van der Waals surface area contributed by atoms with Crippen molar-refractivity contribution >= 4 is 0 Å². The fraction of sp³-hybridized carbons (Fsp3) is 0.625. The number of rotatable bonds is 7. The largest absolute Gasteiger partial charge is 0.493 e. The van der Waals surface area contributed by atoms with Crippen LogP contribution in [-0.2, 0) is 9.47 Å². The maximum Gasteiger partial charge on any atom is 0.186 e. The van der Waals surface area contributed by atoms with Gasteiger partial charge in [-0.2, -0.15) is 0 Å². The Hall–Kier alpha value is -1.46. The quantitative estimate of drug-likeness (QED) is 0.395. The van der Waals surface area contributed by atoms with Crippen LogP contribution in [0.5, 0.6) is 11.5 Å². The van der Waals surface area contributed by atoms with E-state index >= 15 is 0 Å². The fourth-order valence-electron chi connectivity index (χ4n) is 2.55. The number of benzene rings is 1. The summed E-state index contributed by atoms with van der Waals surface area (Å²) < 4.78 is 20.8. The molecule has 1 heterocycles. The summed E-state index contributed by atoms with van der Waals surface area (Å²) in [6.45, 7) is -0.804. The van der Waals surface area contributed by atoms with Crippen LogP contribution in [0.1, 0.15) is 11.7 Å². The van der Waals surface area contributed by atoms with Crippen molar-refractivity contribution in [2.24, 2.45) is 0 Å². The van der Waals surface area contributed by atoms with Crippen LogP contribution in [0.2, 0.25) is 0 Å². The molecule has 1 aliphatic rings. The predicted molar refractivity (Wildman–Crippen MR) is 84.2 cm³/mol. The van der Waals surface area contributed by atoms with Crippen LogP contribution >= 0.6 is 0 Å². The lowest BCUT2D eigenvalue weighted by Crippen LogP contribution is -2.59. The molecular weight excluding hydrogens is 336 g/mol. The average molecular weight is 360 g/mol. The molecule has 6 unspecified atom stereocenters. The number of hydrogen-bond acceptors (Lipinski definition) is 9. The Morgan fingerprint density at radius 1 is 1.04 bits per heavy atom. The molecule has 9 heteroatoms. The highest BCUT2D eigenvalue weighted by atomic mass is 16.7. The normalized spacial score (nSPS) is 30.8. The molecule has 0 amide bonds. The average Bonchev–Trinajstić information content (AvgIpc) is 2.64. The fourth-order valence-corrected chi connectivity index (χ4v) is 2.55. The number of aliphatic hydroxyl groups is 5. The summed E-state index contributed by atoms with van der Waals surface area (Å²) in [6, 6.07) is 4.84. The minimum absolute atomic E-state index is 0.252. The van der Waals surface area contributed by atoms with Gasteiger partial charge >= 0.3 is 0 Å². The summed E-state index contributed by atoms with van der Waals surface area (Å²) >= 11 is 0. The van der Waals surface area contributed by atoms with E-state index in [1.807, 2.05) is 0 Å². The number of ether oxygens (including phenoxy) is 4. The van der Waals surface area contributed by atoms with Gasteiger partial charge in [0.2, 0.25) is 0 Å². The number of hydrogen-bond donors (Lipinski definition) is 5. The topological polar surface area (TPSA) is 138 Å². The summed E-state index contributed by atoms with van der Waals surface area (Å²) in [4.78, 5) is 0. The number of aliphatic hydroxyl groups excluding tert-OH is 5. The van der Waals surface area contributed by atoms with Gasteiger partial charge in [-0.1, -0.05) is 6.07 Å². The van der Waals surface area contributed by atoms with Crippen LogP contribution in [0.15, 0.2) is 18.2 Å². The van der Waals surface area contributed by atoms with Gasteiger partial charge < -0.3 is 44.5 Å². The molecule has 25 heavy (non-hydrogen) atoms. The van der Waals surface area contributed by atoms with Gasteiger partial charge in [0.15, 0.2) is 17.8 Å². The first-order valence-electron chi connectivity index (χ1n) is 7.75. The van der Waals surface area contributed by atoms with E-state index in [-0.39, 0.29) is 6.61 Å². The van der Waals surface area contributed by atoms with Crippen molar-refractivity contribution in [1.82, 2.24) is 0 Å². The predicted octanol–water partition coefficient (Wildman–Crippen LogP) is -1.45. The molecule has 0 aliphatic carbocycles. The summed E-state index contributed by atoms with van der Waals surface area (Å²) in [5, 5.41) is 48.7. The molecule has 1 fully saturated rings. The van der Waals surface area contributed by atoms with Crippen LogP contribution in [0, 0.1) is 0 Å². The molecule has 5 N–H and O–H groups in total. The third-order valence-corrected chi connectivity index (χ3v) is 4.06. The molecule has 0 radical (unpaired) electrons. The Balaban J connectivity index is 2.00. The molecule has 6 atom stereocenters. The lowest BCUT2D eigenvalue weighted by Gasteiger charge is -2.39. The van der Waals surface area contributed by atoms with Crippen LogP contribution in [0.3, 0.4) is 0 Å². The monoisotopic (exact) mass is 360 g/mol. The molecule has 0 aromatic heterocycles. The molecule has 142 valence electrons. The molecule has 1 aromatic carbocycles. The minimum atomic E-state index is -1.53. The summed E-state index contributed by atoms with van der Waals surface area (Å²) in [5.41, 5.74) is 0.488. The van der Waals surface area contributed by atoms with Gasteiger partial charge in [0.25, 0.3) is 0 Å². The molecule has 9 nitrogen and oxygen atoms in total. The third kappa shape index (κ3) is 4.39. The molecule has 0 spiro atoms. The summed E-state index contributed by atoms with van der Waals surface area (Å²) in [7, 11) is 2.97. The highest BCUT2D eigenvalue weighted by Crippen LogP contribution is 2.30. The molecule has 1 saturated heterocycles. The van der Waals surface area contributed by atoms with E-state index in [1.54, 1.807) is 18.2 Å². The van der Waals surface area contributed by atoms with Crippen molar-refractivity contribution in [3.05, 3.63) is 23.8 Å². The van der Waals surface area contributed by atoms with Crippen molar-refractivity contribution in [3.8, 4) is 11.5 Å². The zero-order chi connectivity index (χ0) is 18.6. The second-order valence-corrected chi connectivity index (χ2v) is 5.66. The Bertz CT molecular complexity index is 550. The molecule has 0 saturated carbocycles. The first-order valence-corrected chi connectivity index (χ1v) is 7.75. The standard InChI is InChI=1S/C16H24O9/c1-22-10-4-3-8(5-11(10)23-2)9(18)7-24-16-15(21)14(20)13(19)12(6-17)25-16/h3-5,9,12-21H,6-7H2,1-2H3. The van der Waals surface area contributed by atoms with Gasteiger partial charge in [0.05, 0.1) is 27.4 Å². The van der Waals surface area contributed by atoms with E-state index in [2.05, 4.69) is 0 Å². The molecule has 2 rings (SSSR count). The van der Waals surface area contributed by atoms with E-state index in [4.69, 9.17) is 24.1 Å². The van der Waals surface area contributed by atoms with Crippen LogP contribution in [0.25, 0.3) is 0 Å². The zero-order valence-corrected chi connectivity index (χ0v) is 14.0. The maximum atomic E-state index is 10.2. The van der Waals surface area contributed by atoms with E-state index in [1.165, 1.54) is 14.2 Å². The third-order valence-electron chi connectivity index (χ3n) is 4.06. The van der Waals surface area contributed by atoms with Gasteiger partial charge in [-0.15, -0.1) is 0 Å². The highest BCUT2D eigenvalue weighted by molar-refractivity contribution is 5.43. The van der Waals surface area contributed by atoms with Crippen molar-refractivity contribution in [2.45, 2.75) is 36.8 Å². The Labute approximate surface area is 145 Å². The van der Waals surface area contributed by atoms with Gasteiger partial charge in [-0.25, -0.2) is 0 Å². The molecule has 1 aromatic rings. The summed E-state index contributed by atoms with van der Waals surface area (Å²) in [6.07, 6.45) is -7.95. The van der Waals surface area contributed by atoms with Gasteiger partial charge in [-0.3, -0.25) is 0 Å². The van der Waals surface area contributed by atoms with Crippen molar-refractivity contribution < 1.29 is 44.5 Å². The highest BCUT2D eigenvalue weighted by Gasteiger charge is 2.44. The van der Waals surface area contributed by atoms with E-state index in [0.717, 1.165) is 0 Å². The van der Waals surface area contributed by atoms with Crippen LogP contribution in [0.4, 0.5) is 0 Å². The molecule has 0 bridgehead atoms. The van der Waals surface area contributed by atoms with Gasteiger partial charge in [0, 0.05) is 0 Å². The first kappa shape index (κ1) is 19.9. The smallest absolute Gasteiger partial charge is 0.186 e.